The van der Waals surface area contributed by atoms with Crippen molar-refractivity contribution in [1.29, 1.82) is 5.26 Å². The average Bonchev–Trinajstić information content (AvgIpc) is 2.26. The molecule has 0 saturated heterocycles. The summed E-state index contributed by atoms with van der Waals surface area (Å²) in [4.78, 5) is 11.6. The normalized spacial score (nSPS) is 11.2. The summed E-state index contributed by atoms with van der Waals surface area (Å²) < 4.78 is 38.1. The van der Waals surface area contributed by atoms with Crippen molar-refractivity contribution in [3.05, 3.63) is 36.2 Å². The van der Waals surface area contributed by atoms with Gasteiger partial charge in [-0.15, -0.1) is 0 Å². The number of nitrogens with zero attached hydrogens (tertiary/aromatic N) is 1. The summed E-state index contributed by atoms with van der Waals surface area (Å²) in [6.45, 7) is 6.66. The molecule has 1 aromatic rings. The SMILES string of the molecule is [CH2-]C(C)(C)C(=O)Nc1ccc(C#N)c(C(F)(F)F)c1.[U]. The van der Waals surface area contributed by atoms with E-state index in [1.807, 2.05) is 0 Å². The summed E-state index contributed by atoms with van der Waals surface area (Å²) in [5.41, 5.74) is -2.55. The number of rotatable bonds is 2. The van der Waals surface area contributed by atoms with Gasteiger partial charge in [0.15, 0.2) is 5.91 Å². The Hall–Kier alpha value is -0.978. The molecule has 1 rings (SSSR count). The maximum Gasteiger partial charge on any atom is 0.417 e. The smallest absolute Gasteiger partial charge is 0.329 e. The summed E-state index contributed by atoms with van der Waals surface area (Å²) in [5.74, 6) is -0.509. The number of amides is 1. The van der Waals surface area contributed by atoms with E-state index >= 15 is 0 Å². The minimum absolute atomic E-state index is 0. The van der Waals surface area contributed by atoms with E-state index < -0.39 is 28.6 Å². The predicted octanol–water partition coefficient (Wildman–Crippen LogP) is 3.38. The first kappa shape index (κ1) is 19.0. The van der Waals surface area contributed by atoms with E-state index in [2.05, 4.69) is 12.2 Å². The fraction of sp³-hybridized carbons (Fsp3) is 0.308. The Morgan fingerprint density at radius 3 is 2.30 bits per heavy atom. The summed E-state index contributed by atoms with van der Waals surface area (Å²) >= 11 is 0. The van der Waals surface area contributed by atoms with Gasteiger partial charge in [-0.25, -0.2) is 0 Å². The molecule has 0 aliphatic rings. The zero-order valence-corrected chi connectivity index (χ0v) is 15.1. The van der Waals surface area contributed by atoms with Gasteiger partial charge in [-0.1, -0.05) is 19.3 Å². The van der Waals surface area contributed by atoms with Gasteiger partial charge in [0.2, 0.25) is 0 Å². The van der Waals surface area contributed by atoms with E-state index in [0.717, 1.165) is 12.1 Å². The molecule has 0 atom stereocenters. The molecule has 106 valence electrons. The Labute approximate surface area is 138 Å². The van der Waals surface area contributed by atoms with Crippen LogP contribution in [0, 0.1) is 54.8 Å². The Kier molecular flexibility index (Phi) is 6.32. The van der Waals surface area contributed by atoms with E-state index in [9.17, 15) is 18.0 Å². The van der Waals surface area contributed by atoms with Crippen molar-refractivity contribution >= 4 is 11.6 Å². The molecule has 0 unspecified atom stereocenters. The minimum atomic E-state index is -4.65. The fourth-order valence-corrected chi connectivity index (χ4v) is 1.25. The molecule has 7 heteroatoms. The third-order valence-corrected chi connectivity index (χ3v) is 2.32. The molecule has 3 nitrogen and oxygen atoms in total. The second kappa shape index (κ2) is 6.65. The number of alkyl halides is 3. The zero-order valence-electron chi connectivity index (χ0n) is 10.9. The third kappa shape index (κ3) is 4.85. The fourth-order valence-electron chi connectivity index (χ4n) is 1.25. The van der Waals surface area contributed by atoms with Crippen LogP contribution in [0.15, 0.2) is 18.2 Å². The molecular formula is C13H12F3N2OU-. The van der Waals surface area contributed by atoms with Crippen LogP contribution in [0.3, 0.4) is 0 Å². The molecule has 0 aliphatic heterocycles. The van der Waals surface area contributed by atoms with Crippen LogP contribution in [0.5, 0.6) is 0 Å². The summed E-state index contributed by atoms with van der Waals surface area (Å²) in [6, 6.07) is 4.48. The van der Waals surface area contributed by atoms with Crippen LogP contribution in [-0.4, -0.2) is 5.91 Å². The van der Waals surface area contributed by atoms with Gasteiger partial charge in [-0.05, 0) is 18.2 Å². The number of benzene rings is 1. The zero-order chi connectivity index (χ0) is 14.8. The number of halogens is 3. The van der Waals surface area contributed by atoms with Gasteiger partial charge in [-0.3, -0.25) is 4.79 Å². The number of hydrogen-bond acceptors (Lipinski definition) is 2. The maximum absolute atomic E-state index is 12.7. The first-order valence-corrected chi connectivity index (χ1v) is 5.34. The molecule has 0 spiro atoms. The van der Waals surface area contributed by atoms with Gasteiger partial charge >= 0.3 is 6.18 Å². The Morgan fingerprint density at radius 2 is 1.90 bits per heavy atom. The van der Waals surface area contributed by atoms with Gasteiger partial charge in [0, 0.05) is 36.8 Å². The molecule has 1 amide bonds. The van der Waals surface area contributed by atoms with Crippen molar-refractivity contribution in [2.75, 3.05) is 5.32 Å². The summed E-state index contributed by atoms with van der Waals surface area (Å²) in [6.07, 6.45) is -4.65. The summed E-state index contributed by atoms with van der Waals surface area (Å²) in [5, 5.41) is 11.0. The largest absolute Gasteiger partial charge is 0.417 e. The van der Waals surface area contributed by atoms with Crippen LogP contribution in [-0.2, 0) is 11.0 Å². The van der Waals surface area contributed by atoms with Crippen molar-refractivity contribution < 1.29 is 49.1 Å². The van der Waals surface area contributed by atoms with E-state index in [0.29, 0.717) is 0 Å². The van der Waals surface area contributed by atoms with Crippen LogP contribution in [0.2, 0.25) is 0 Å². The van der Waals surface area contributed by atoms with Crippen molar-refractivity contribution in [2.45, 2.75) is 20.0 Å². The maximum atomic E-state index is 12.7. The van der Waals surface area contributed by atoms with Gasteiger partial charge < -0.3 is 12.2 Å². The van der Waals surface area contributed by atoms with Gasteiger partial charge in [-0.2, -0.15) is 18.4 Å². The van der Waals surface area contributed by atoms with Crippen molar-refractivity contribution in [1.82, 2.24) is 0 Å². The summed E-state index contributed by atoms with van der Waals surface area (Å²) in [7, 11) is 0. The van der Waals surface area contributed by atoms with Crippen molar-refractivity contribution in [3.63, 3.8) is 0 Å². The molecule has 1 N–H and O–H groups in total. The molecule has 0 heterocycles. The van der Waals surface area contributed by atoms with E-state index in [-0.39, 0.29) is 36.8 Å². The number of carbonyl (C=O) groups is 1. The molecule has 1 aromatic carbocycles. The minimum Gasteiger partial charge on any atom is -0.329 e. The third-order valence-electron chi connectivity index (χ3n) is 2.32. The van der Waals surface area contributed by atoms with Gasteiger partial charge in [0.25, 0.3) is 0 Å². The first-order chi connectivity index (χ1) is 8.55. The first-order valence-electron chi connectivity index (χ1n) is 5.34. The van der Waals surface area contributed by atoms with E-state index in [4.69, 9.17) is 5.26 Å². The molecule has 0 radical (unpaired) electrons. The van der Waals surface area contributed by atoms with Crippen LogP contribution >= 0.6 is 0 Å². The number of anilines is 1. The van der Waals surface area contributed by atoms with E-state index in [1.165, 1.54) is 26.0 Å². The Morgan fingerprint density at radius 1 is 1.35 bits per heavy atom. The molecule has 0 fully saturated rings. The molecule has 0 bridgehead atoms. The van der Waals surface area contributed by atoms with Crippen LogP contribution in [0.4, 0.5) is 18.9 Å². The van der Waals surface area contributed by atoms with Crippen LogP contribution < -0.4 is 5.32 Å². The number of nitrogens with one attached hydrogen (secondary N) is 1. The van der Waals surface area contributed by atoms with Gasteiger partial charge in [0.1, 0.15) is 0 Å². The average molecular weight is 507 g/mol. The second-order valence-corrected chi connectivity index (χ2v) is 4.71. The monoisotopic (exact) mass is 507 g/mol. The topological polar surface area (TPSA) is 52.9 Å². The van der Waals surface area contributed by atoms with Crippen molar-refractivity contribution in [3.8, 4) is 6.07 Å². The second-order valence-electron chi connectivity index (χ2n) is 4.71. The predicted molar refractivity (Wildman–Crippen MR) is 63.9 cm³/mol. The van der Waals surface area contributed by atoms with Gasteiger partial charge in [0.05, 0.1) is 17.2 Å². The molecular weight excluding hydrogens is 495 g/mol. The number of hydrogen-bond donors (Lipinski definition) is 1. The number of nitriles is 1. The van der Waals surface area contributed by atoms with Crippen LogP contribution in [0.1, 0.15) is 25.0 Å². The Bertz CT molecular complexity index is 542. The quantitative estimate of drug-likeness (QED) is 0.625. The molecule has 0 aromatic heterocycles. The van der Waals surface area contributed by atoms with E-state index in [1.54, 1.807) is 0 Å². The van der Waals surface area contributed by atoms with Crippen LogP contribution in [0.25, 0.3) is 0 Å². The van der Waals surface area contributed by atoms with Crippen molar-refractivity contribution in [2.24, 2.45) is 5.41 Å². The molecule has 0 aliphatic carbocycles. The Balaban J connectivity index is 0.00000361. The molecule has 0 saturated carbocycles. The molecule has 20 heavy (non-hydrogen) atoms. The standard InChI is InChI=1S/C13H12F3N2O.U/c1-12(2,3)11(19)18-9-5-4-8(7-17)10(6-9)13(14,15)16;/h4-6H,1H2,2-3H3,(H,18,19);/q-1;. The number of carbonyl (C=O) groups excluding carboxylic acids is 1.